The molecule has 0 spiro atoms. The molecule has 16 unspecified atom stereocenters. The number of allylic oxidation sites excluding steroid dienone is 2. The molecule has 3 rings (SSSR count). The van der Waals surface area contributed by atoms with Crippen molar-refractivity contribution >= 4 is 23.5 Å². The molecule has 0 aliphatic carbocycles. The van der Waals surface area contributed by atoms with E-state index in [1.165, 1.54) is 6.08 Å². The van der Waals surface area contributed by atoms with Crippen molar-refractivity contribution in [3.8, 4) is 0 Å². The highest BCUT2D eigenvalue weighted by atomic mass is 16.5. The van der Waals surface area contributed by atoms with Crippen molar-refractivity contribution in [2.45, 2.75) is 166 Å². The molecule has 0 bridgehead atoms. The Labute approximate surface area is 327 Å². The zero-order valence-electron chi connectivity index (χ0n) is 32.6. The first-order valence-corrected chi connectivity index (χ1v) is 17.4. The summed E-state index contributed by atoms with van der Waals surface area (Å²) in [6.07, 6.45) is -18.6. The molecule has 0 amide bonds. The zero-order chi connectivity index (χ0) is 45.4. The minimum absolute atomic E-state index is 0.247. The quantitative estimate of drug-likeness (QED) is 0.103. The van der Waals surface area contributed by atoms with Crippen molar-refractivity contribution in [1.82, 2.24) is 0 Å². The molecule has 3 aliphatic heterocycles. The third kappa shape index (κ3) is 18.0. The van der Waals surface area contributed by atoms with Crippen LogP contribution in [0.5, 0.6) is 0 Å². The van der Waals surface area contributed by atoms with Gasteiger partial charge in [-0.2, -0.15) is 0 Å². The lowest BCUT2D eigenvalue weighted by Crippen LogP contribution is -2.55. The van der Waals surface area contributed by atoms with E-state index in [2.05, 4.69) is 0 Å². The number of ether oxygens (including phenoxy) is 3. The maximum absolute atomic E-state index is 10.5. The molecule has 0 radical (unpaired) electrons. The fourth-order valence-corrected chi connectivity index (χ4v) is 4.60. The lowest BCUT2D eigenvalue weighted by atomic mass is 9.97. The van der Waals surface area contributed by atoms with Crippen LogP contribution in [-0.4, -0.2) is 209 Å². The number of carboxylic acids is 2. The van der Waals surface area contributed by atoms with Gasteiger partial charge in [0.2, 0.25) is 0 Å². The first kappa shape index (κ1) is 55.7. The van der Waals surface area contributed by atoms with Gasteiger partial charge in [0.05, 0.1) is 18.0 Å². The van der Waals surface area contributed by atoms with Crippen molar-refractivity contribution < 1.29 is 115 Å². The Morgan fingerprint density at radius 3 is 1.35 bits per heavy atom. The molecule has 0 aromatic heterocycles. The van der Waals surface area contributed by atoms with E-state index < -0.39 is 121 Å². The molecule has 334 valence electrons. The topological polar surface area (TPSA) is 420 Å². The average molecular weight is 837 g/mol. The standard InChI is InChI=1S/C8H14O4.C7H12O7.C7H14O4.C7H12O3.C5H8O5/c1-3-5-7(10)8(11)6(9)4(2)12-5;1-2(8)3(9)4(10)5(11)6(12)7(13)14;1-3-5(8)7(10)6(9)4(2)11-3;1-4-3-6(8)7(9)5(2)10-4;1-2(6)3(7)4(8)5(9)10/h4,6,8-11H,3H2,1-2H3;3-6,9-12H,1H3,(H,13,14);3-10H,1-2H3;3,5-9H,1-2H3;3-4,7-8H,1H3,(H,9,10). The second kappa shape index (κ2) is 25.9. The Bertz CT molecular complexity index is 1270. The molecule has 0 aromatic carbocycles. The number of hydrogen-bond acceptors (Lipinski definition) is 21. The number of aliphatic carboxylic acids is 2. The van der Waals surface area contributed by atoms with Crippen molar-refractivity contribution in [2.75, 3.05) is 0 Å². The van der Waals surface area contributed by atoms with Crippen molar-refractivity contribution in [3.63, 3.8) is 0 Å². The van der Waals surface area contributed by atoms with E-state index >= 15 is 0 Å². The second-order valence-electron chi connectivity index (χ2n) is 13.2. The maximum atomic E-state index is 10.5. The van der Waals surface area contributed by atoms with Crippen molar-refractivity contribution in [3.05, 3.63) is 23.4 Å². The van der Waals surface area contributed by atoms with E-state index in [1.807, 2.05) is 6.92 Å². The minimum atomic E-state index is -2.25. The maximum Gasteiger partial charge on any atom is 0.335 e. The number of rotatable bonds is 9. The molecular weight excluding hydrogens is 776 g/mol. The van der Waals surface area contributed by atoms with Crippen molar-refractivity contribution in [2.24, 2.45) is 0 Å². The van der Waals surface area contributed by atoms with Crippen LogP contribution in [0.3, 0.4) is 0 Å². The Kier molecular flexibility index (Phi) is 25.3. The predicted octanol–water partition coefficient (Wildman–Crippen LogP) is -5.30. The highest BCUT2D eigenvalue weighted by Gasteiger charge is 2.40. The lowest BCUT2D eigenvalue weighted by molar-refractivity contribution is -0.211. The van der Waals surface area contributed by atoms with Gasteiger partial charge < -0.3 is 95.9 Å². The number of carbonyl (C=O) groups is 4. The fourth-order valence-electron chi connectivity index (χ4n) is 4.60. The minimum Gasteiger partial charge on any atom is -0.506 e. The normalized spacial score (nSPS) is 32.5. The van der Waals surface area contributed by atoms with Gasteiger partial charge in [-0.25, -0.2) is 9.59 Å². The summed E-state index contributed by atoms with van der Waals surface area (Å²) in [6, 6.07) is 0. The number of hydrogen-bond donors (Lipinski definition) is 16. The molecule has 3 heterocycles. The van der Waals surface area contributed by atoms with Crippen LogP contribution in [-0.2, 0) is 33.4 Å². The highest BCUT2D eigenvalue weighted by molar-refractivity contribution is 5.87. The Morgan fingerprint density at radius 1 is 0.596 bits per heavy atom. The molecule has 23 heteroatoms. The largest absolute Gasteiger partial charge is 0.506 e. The molecule has 0 saturated carbocycles. The average Bonchev–Trinajstić information content (AvgIpc) is 3.14. The van der Waals surface area contributed by atoms with Crippen LogP contribution in [0.1, 0.15) is 61.8 Å². The van der Waals surface area contributed by atoms with E-state index in [0.717, 1.165) is 13.8 Å². The second-order valence-corrected chi connectivity index (χ2v) is 13.2. The van der Waals surface area contributed by atoms with Crippen LogP contribution >= 0.6 is 0 Å². The van der Waals surface area contributed by atoms with Crippen LogP contribution in [0.2, 0.25) is 0 Å². The number of Topliss-reactive ketones (excluding diaryl/α,β-unsaturated/α-hetero) is 2. The summed E-state index contributed by atoms with van der Waals surface area (Å²) in [4.78, 5) is 40.8. The summed E-state index contributed by atoms with van der Waals surface area (Å²) in [7, 11) is 0. The number of carboxylic acid groups (broad SMARTS) is 2. The van der Waals surface area contributed by atoms with Gasteiger partial charge in [0.1, 0.15) is 85.1 Å². The van der Waals surface area contributed by atoms with Gasteiger partial charge in [-0.05, 0) is 54.5 Å². The SMILES string of the molecule is CC(=O)C(O)C(O)C(=O)O.CC(=O)C(O)C(O)C(O)C(O)C(=O)O.CC1=CC(O)C(O)C(C)O1.CC1OC(C)C(O)C(O)C1O.CCC1=C(O)C(O)C(O)C(C)O1. The monoisotopic (exact) mass is 836 g/mol. The fraction of sp³-hybridized carbons (Fsp3) is 0.765. The van der Waals surface area contributed by atoms with Gasteiger partial charge in [-0.3, -0.25) is 9.59 Å². The van der Waals surface area contributed by atoms with Crippen molar-refractivity contribution in [1.29, 1.82) is 0 Å². The third-order valence-corrected chi connectivity index (χ3v) is 8.35. The Morgan fingerprint density at radius 2 is 1.00 bits per heavy atom. The molecule has 23 nitrogen and oxygen atoms in total. The summed E-state index contributed by atoms with van der Waals surface area (Å²) >= 11 is 0. The zero-order valence-corrected chi connectivity index (χ0v) is 32.6. The number of ketones is 2. The molecule has 1 fully saturated rings. The van der Waals surface area contributed by atoms with E-state index in [1.54, 1.807) is 34.6 Å². The summed E-state index contributed by atoms with van der Waals surface area (Å²) < 4.78 is 15.4. The van der Waals surface area contributed by atoms with Gasteiger partial charge in [0.15, 0.2) is 29.5 Å². The number of aliphatic hydroxyl groups excluding tert-OH is 14. The first-order valence-electron chi connectivity index (χ1n) is 17.4. The third-order valence-electron chi connectivity index (χ3n) is 8.35. The van der Waals surface area contributed by atoms with Crippen LogP contribution in [0.4, 0.5) is 0 Å². The van der Waals surface area contributed by atoms with Gasteiger partial charge in [0, 0.05) is 6.42 Å². The van der Waals surface area contributed by atoms with Gasteiger partial charge in [-0.15, -0.1) is 0 Å². The summed E-state index contributed by atoms with van der Waals surface area (Å²) in [5, 5.41) is 143. The Hall–Kier alpha value is -3.40. The molecule has 1 saturated heterocycles. The van der Waals surface area contributed by atoms with Gasteiger partial charge >= 0.3 is 11.9 Å². The smallest absolute Gasteiger partial charge is 0.335 e. The molecule has 3 aliphatic rings. The van der Waals surface area contributed by atoms with Crippen LogP contribution < -0.4 is 0 Å². The summed E-state index contributed by atoms with van der Waals surface area (Å²) in [5.41, 5.74) is 0. The number of aliphatic hydroxyl groups is 14. The van der Waals surface area contributed by atoms with Crippen LogP contribution in [0.25, 0.3) is 0 Å². The highest BCUT2D eigenvalue weighted by Crippen LogP contribution is 2.24. The molecule has 16 N–H and O–H groups in total. The molecule has 16 atom stereocenters. The van der Waals surface area contributed by atoms with E-state index in [4.69, 9.17) is 65.3 Å². The molecule has 57 heavy (non-hydrogen) atoms. The summed E-state index contributed by atoms with van der Waals surface area (Å²) in [5.74, 6) is -4.19. The number of carbonyl (C=O) groups excluding carboxylic acids is 2. The van der Waals surface area contributed by atoms with Gasteiger partial charge in [0.25, 0.3) is 0 Å². The lowest BCUT2D eigenvalue weighted by Gasteiger charge is -2.37. The van der Waals surface area contributed by atoms with Crippen LogP contribution in [0.15, 0.2) is 23.4 Å². The van der Waals surface area contributed by atoms with Gasteiger partial charge in [-0.1, -0.05) is 6.92 Å². The van der Waals surface area contributed by atoms with E-state index in [9.17, 15) is 49.8 Å². The molecule has 0 aromatic rings. The Balaban J connectivity index is 0. The molecular formula is C34H60O23. The summed E-state index contributed by atoms with van der Waals surface area (Å²) in [6.45, 7) is 12.2. The van der Waals surface area contributed by atoms with E-state index in [0.29, 0.717) is 17.9 Å². The van der Waals surface area contributed by atoms with Crippen LogP contribution in [0, 0.1) is 0 Å². The van der Waals surface area contributed by atoms with E-state index in [-0.39, 0.29) is 11.9 Å². The first-order chi connectivity index (χ1) is 26.0. The predicted molar refractivity (Wildman–Crippen MR) is 190 cm³/mol.